The highest BCUT2D eigenvalue weighted by Crippen LogP contribution is 2.34. The molecule has 0 unspecified atom stereocenters. The molecule has 0 spiro atoms. The second-order valence-corrected chi connectivity index (χ2v) is 31.9. The van der Waals surface area contributed by atoms with E-state index in [4.69, 9.17) is 27.7 Å². The van der Waals surface area contributed by atoms with Gasteiger partial charge in [-0.05, 0) is 290 Å². The Morgan fingerprint density at radius 3 is 1.31 bits per heavy atom. The summed E-state index contributed by atoms with van der Waals surface area (Å²) >= 11 is 0. The standard InChI is InChI=1S/C27H29FN4O.C26H27FN4O.C23H20FN3O.C23H22FN3O/c28-25-6-3-5-24(27-30-10-15-32(27)14-4-13-31-11-1-2-12-31)23(25)8-7-21-17-20(19-29)18-22-9-16-33-26(21)22;27-24-3-1-2-23(26-30-11-12-31(26)17-18-6-9-29-10-7-18)22(24)5-4-20-14-19(16-28)15-21-8-13-32-25(20)21;24-21-5-3-4-20(23-25-9-10-26-23)19(21)7-6-16-14-18(27-11-1-2-12-27)15-17-8-13-28-22(16)17;1-15(2)27-10-9-26-23(27)20-4-3-5-21(24)19(20)7-6-17-12-16(14-25)13-18-8-11-28-22(17)18/h3,5-6,9,16-18H,1-2,4,7-8,10-15H2;1-3,8,13-15,18,29H,4-7,9-12,17H2;1-5,8,11-15H,6-7,9-10H2,(H,25,26);3-5,8,11-13,15H,6-7,9-10H2,1-2H3. The van der Waals surface area contributed by atoms with Gasteiger partial charge in [-0.3, -0.25) is 20.0 Å². The van der Waals surface area contributed by atoms with Gasteiger partial charge in [0.05, 0.1) is 86.1 Å². The molecule has 11 heterocycles. The van der Waals surface area contributed by atoms with Crippen molar-refractivity contribution in [3.63, 3.8) is 0 Å². The summed E-state index contributed by atoms with van der Waals surface area (Å²) in [4.78, 5) is 28.1. The van der Waals surface area contributed by atoms with E-state index in [1.807, 2.05) is 109 Å². The topological polar surface area (TPSA) is 215 Å². The number of hydrogen-bond acceptors (Lipinski definition) is 17. The normalized spacial score (nSPS) is 15.4. The molecular weight excluding hydrogens is 1530 g/mol. The number of benzene rings is 8. The van der Waals surface area contributed by atoms with Crippen LogP contribution >= 0.6 is 0 Å². The summed E-state index contributed by atoms with van der Waals surface area (Å²) in [6.07, 6.45) is 21.3. The average Bonchev–Trinajstić information content (AvgIpc) is 1.67. The molecule has 18 nitrogen and oxygen atoms in total. The van der Waals surface area contributed by atoms with Crippen LogP contribution in [0.3, 0.4) is 0 Å². The molecule has 6 aliphatic rings. The van der Waals surface area contributed by atoms with Crippen LogP contribution in [0.15, 0.2) is 233 Å². The maximum Gasteiger partial charge on any atom is 0.137 e. The minimum absolute atomic E-state index is 0.189. The number of nitrogens with one attached hydrogen (secondary N) is 2. The van der Waals surface area contributed by atoms with Crippen LogP contribution in [0.4, 0.5) is 17.6 Å². The fourth-order valence-electron chi connectivity index (χ4n) is 17.9. The second kappa shape index (κ2) is 38.5. The Morgan fingerprint density at radius 1 is 0.430 bits per heavy atom. The fourth-order valence-corrected chi connectivity index (χ4v) is 17.9. The lowest BCUT2D eigenvalue weighted by Gasteiger charge is -2.30. The summed E-state index contributed by atoms with van der Waals surface area (Å²) in [5.74, 6) is 3.34. The van der Waals surface area contributed by atoms with Crippen molar-refractivity contribution in [3.05, 3.63) is 302 Å². The van der Waals surface area contributed by atoms with Gasteiger partial charge < -0.3 is 52.5 Å². The Hall–Kier alpha value is -12.8. The van der Waals surface area contributed by atoms with Crippen molar-refractivity contribution >= 4 is 67.2 Å². The number of likely N-dealkylation sites (tertiary alicyclic amines) is 1. The van der Waals surface area contributed by atoms with E-state index < -0.39 is 0 Å². The molecule has 13 aromatic rings. The van der Waals surface area contributed by atoms with Gasteiger partial charge >= 0.3 is 0 Å². The molecule has 616 valence electrons. The first-order valence-electron chi connectivity index (χ1n) is 42.4. The molecule has 0 bridgehead atoms. The highest BCUT2D eigenvalue weighted by Gasteiger charge is 2.30. The van der Waals surface area contributed by atoms with Crippen molar-refractivity contribution in [1.29, 1.82) is 15.8 Å². The van der Waals surface area contributed by atoms with E-state index in [1.165, 1.54) is 63.0 Å². The average molecular weight is 1620 g/mol. The lowest BCUT2D eigenvalue weighted by Crippen LogP contribution is -2.38. The zero-order valence-corrected chi connectivity index (χ0v) is 68.4. The van der Waals surface area contributed by atoms with E-state index in [1.54, 1.807) is 49.3 Å². The van der Waals surface area contributed by atoms with Crippen LogP contribution in [0, 0.1) is 63.2 Å². The van der Waals surface area contributed by atoms with Crippen LogP contribution in [0.1, 0.15) is 129 Å². The first-order chi connectivity index (χ1) is 59.3. The number of furan rings is 4. The van der Waals surface area contributed by atoms with Crippen LogP contribution in [-0.4, -0.2) is 152 Å². The van der Waals surface area contributed by atoms with E-state index in [9.17, 15) is 24.6 Å². The minimum Gasteiger partial charge on any atom is -0.464 e. The van der Waals surface area contributed by atoms with E-state index >= 15 is 8.78 Å². The predicted molar refractivity (Wildman–Crippen MR) is 468 cm³/mol. The van der Waals surface area contributed by atoms with Crippen molar-refractivity contribution in [1.82, 2.24) is 34.8 Å². The molecule has 5 aromatic heterocycles. The van der Waals surface area contributed by atoms with Crippen molar-refractivity contribution in [2.75, 3.05) is 98.2 Å². The fraction of sp³-hybridized carbons (Fsp3) is 0.323. The highest BCUT2D eigenvalue weighted by atomic mass is 19.1. The van der Waals surface area contributed by atoms with Gasteiger partial charge in [0.15, 0.2) is 0 Å². The third kappa shape index (κ3) is 18.9. The molecule has 2 fully saturated rings. The molecule has 0 amide bonds. The van der Waals surface area contributed by atoms with E-state index in [-0.39, 0.29) is 23.3 Å². The predicted octanol–water partition coefficient (Wildman–Crippen LogP) is 18.3. The summed E-state index contributed by atoms with van der Waals surface area (Å²) in [7, 11) is 0. The maximum absolute atomic E-state index is 15.0. The number of hydrogen-bond donors (Lipinski definition) is 2. The van der Waals surface area contributed by atoms with E-state index in [0.717, 1.165) is 209 Å². The number of fused-ring (bicyclic) bond motifs is 4. The Balaban J connectivity index is 0.000000120. The summed E-state index contributed by atoms with van der Waals surface area (Å²) in [6, 6.07) is 54.7. The monoisotopic (exact) mass is 1620 g/mol. The molecule has 6 aliphatic heterocycles. The number of aryl methyl sites for hydroxylation is 4. The second-order valence-electron chi connectivity index (χ2n) is 31.9. The van der Waals surface area contributed by atoms with Gasteiger partial charge in [-0.1, -0.05) is 48.5 Å². The third-order valence-electron chi connectivity index (χ3n) is 23.9. The Labute approximate surface area is 702 Å². The van der Waals surface area contributed by atoms with E-state index in [0.29, 0.717) is 102 Å². The molecule has 0 atom stereocenters. The summed E-state index contributed by atoms with van der Waals surface area (Å²) in [5, 5.41) is 38.5. The molecule has 8 aromatic carbocycles. The van der Waals surface area contributed by atoms with Crippen molar-refractivity contribution < 1.29 is 35.2 Å². The minimum atomic E-state index is -0.220. The molecular formula is C99H98F4N14O4. The molecule has 121 heavy (non-hydrogen) atoms. The molecule has 0 saturated carbocycles. The SMILES string of the molecule is CC(C)N1CCN=C1c1cccc(F)c1CCc1cc(C#N)cc2ccoc12.Fc1cccc(C2=NCCN2)c1CCc1cc(-n2cccc2)cc2ccoc12.N#Cc1cc(CCc2c(F)cccc2C2=NCCN2CC2CCNCC2)c2occc2c1.N#Cc1cc(CCc2c(F)cccc2C2=NCCN2CCCN2CCCC2)c2occc2c1. The van der Waals surface area contributed by atoms with Gasteiger partial charge in [-0.25, -0.2) is 17.6 Å². The van der Waals surface area contributed by atoms with Crippen molar-refractivity contribution in [3.8, 4) is 23.9 Å². The molecule has 22 heteroatoms. The number of aromatic nitrogens is 1. The Morgan fingerprint density at radius 2 is 0.851 bits per heavy atom. The summed E-state index contributed by atoms with van der Waals surface area (Å²) < 4.78 is 84.2. The van der Waals surface area contributed by atoms with Crippen molar-refractivity contribution in [2.45, 2.75) is 103 Å². The Bertz CT molecular complexity index is 6110. The number of rotatable bonds is 24. The number of aliphatic imine (C=N–C) groups is 4. The quantitative estimate of drug-likeness (QED) is 0.0539. The number of nitriles is 3. The zero-order valence-electron chi connectivity index (χ0n) is 68.4. The van der Waals surface area contributed by atoms with Gasteiger partial charge in [-0.15, -0.1) is 0 Å². The molecule has 0 radical (unpaired) electrons. The van der Waals surface area contributed by atoms with Gasteiger partial charge in [0.2, 0.25) is 0 Å². The Kier molecular flexibility index (Phi) is 26.1. The van der Waals surface area contributed by atoms with Crippen molar-refractivity contribution in [2.24, 2.45) is 25.9 Å². The third-order valence-corrected chi connectivity index (χ3v) is 23.9. The molecule has 19 rings (SSSR count). The lowest BCUT2D eigenvalue weighted by molar-refractivity contribution is 0.295. The van der Waals surface area contributed by atoms with Crippen LogP contribution < -0.4 is 10.6 Å². The van der Waals surface area contributed by atoms with Gasteiger partial charge in [-0.2, -0.15) is 15.8 Å². The van der Waals surface area contributed by atoms with Gasteiger partial charge in [0.25, 0.3) is 0 Å². The highest BCUT2D eigenvalue weighted by molar-refractivity contribution is 6.03. The zero-order chi connectivity index (χ0) is 83.1. The first-order valence-corrected chi connectivity index (χ1v) is 42.4. The van der Waals surface area contributed by atoms with Gasteiger partial charge in [0, 0.05) is 107 Å². The summed E-state index contributed by atoms with van der Waals surface area (Å²) in [6.45, 7) is 18.3. The largest absolute Gasteiger partial charge is 0.464 e. The first kappa shape index (κ1) is 81.9. The molecule has 0 aliphatic carbocycles. The molecule has 2 N–H and O–H groups in total. The number of nitrogens with zero attached hydrogens (tertiary/aromatic N) is 12. The smallest absolute Gasteiger partial charge is 0.137 e. The number of halogens is 4. The number of amidine groups is 4. The maximum atomic E-state index is 15.0. The van der Waals surface area contributed by atoms with E-state index in [2.05, 4.69) is 89.0 Å². The summed E-state index contributed by atoms with van der Waals surface area (Å²) in [5.41, 5.74) is 16.1. The lowest BCUT2D eigenvalue weighted by atomic mass is 9.95. The van der Waals surface area contributed by atoms with Crippen LogP contribution in [-0.2, 0) is 51.4 Å². The number of piperidine rings is 1. The van der Waals surface area contributed by atoms with Crippen LogP contribution in [0.25, 0.3) is 49.6 Å². The van der Waals surface area contributed by atoms with Crippen LogP contribution in [0.5, 0.6) is 0 Å². The van der Waals surface area contributed by atoms with Crippen LogP contribution in [0.2, 0.25) is 0 Å². The van der Waals surface area contributed by atoms with Gasteiger partial charge in [0.1, 0.15) is 68.9 Å². The molecule has 2 saturated heterocycles.